The summed E-state index contributed by atoms with van der Waals surface area (Å²) in [7, 11) is 0. The average Bonchev–Trinajstić information content (AvgIpc) is 2.36. The van der Waals surface area contributed by atoms with E-state index >= 15 is 0 Å². The minimum Gasteiger partial charge on any atom is -0.324 e. The molecule has 0 radical (unpaired) electrons. The summed E-state index contributed by atoms with van der Waals surface area (Å²) >= 11 is 0. The van der Waals surface area contributed by atoms with Gasteiger partial charge in [-0.1, -0.05) is 52.8 Å². The van der Waals surface area contributed by atoms with E-state index in [4.69, 9.17) is 5.73 Å². The van der Waals surface area contributed by atoms with Crippen molar-refractivity contribution >= 4 is 0 Å². The van der Waals surface area contributed by atoms with Crippen LogP contribution in [0.1, 0.15) is 63.8 Å². The minimum absolute atomic E-state index is 0.210. The van der Waals surface area contributed by atoms with Crippen molar-refractivity contribution in [2.75, 3.05) is 0 Å². The van der Waals surface area contributed by atoms with Crippen LogP contribution in [0.3, 0.4) is 0 Å². The summed E-state index contributed by atoms with van der Waals surface area (Å²) in [4.78, 5) is 0. The number of fused-ring (bicyclic) bond motifs is 1. The lowest BCUT2D eigenvalue weighted by atomic mass is 9.82. The van der Waals surface area contributed by atoms with Gasteiger partial charge in [-0.3, -0.25) is 0 Å². The summed E-state index contributed by atoms with van der Waals surface area (Å²) in [5, 5.41) is 0. The molecule has 0 aromatic heterocycles. The van der Waals surface area contributed by atoms with E-state index in [1.165, 1.54) is 16.7 Å². The van der Waals surface area contributed by atoms with Gasteiger partial charge in [0.15, 0.2) is 0 Å². The average molecular weight is 217 g/mol. The first-order valence-corrected chi connectivity index (χ1v) is 6.12. The van der Waals surface area contributed by atoms with Crippen LogP contribution in [0.25, 0.3) is 0 Å². The highest BCUT2D eigenvalue weighted by Gasteiger charge is 2.35. The maximum absolute atomic E-state index is 6.23. The first kappa shape index (κ1) is 11.7. The molecule has 0 spiro atoms. The van der Waals surface area contributed by atoms with Crippen LogP contribution in [0.2, 0.25) is 0 Å². The molecule has 1 nitrogen and oxygen atoms in total. The van der Waals surface area contributed by atoms with Gasteiger partial charge in [-0.2, -0.15) is 0 Å². The molecule has 16 heavy (non-hydrogen) atoms. The Balaban J connectivity index is 2.53. The van der Waals surface area contributed by atoms with Crippen LogP contribution < -0.4 is 5.73 Å². The van der Waals surface area contributed by atoms with Crippen molar-refractivity contribution in [3.05, 3.63) is 34.9 Å². The maximum atomic E-state index is 6.23. The van der Waals surface area contributed by atoms with Crippen molar-refractivity contribution in [2.45, 2.75) is 57.9 Å². The van der Waals surface area contributed by atoms with Gasteiger partial charge in [-0.05, 0) is 33.9 Å². The molecule has 1 heteroatoms. The summed E-state index contributed by atoms with van der Waals surface area (Å²) in [6.45, 7) is 11.3. The monoisotopic (exact) mass is 217 g/mol. The maximum Gasteiger partial charge on any atom is 0.0306 e. The van der Waals surface area contributed by atoms with Crippen molar-refractivity contribution in [3.8, 4) is 0 Å². The number of hydrogen-bond donors (Lipinski definition) is 1. The number of benzene rings is 1. The fraction of sp³-hybridized carbons (Fsp3) is 0.600. The molecule has 0 heterocycles. The summed E-state index contributed by atoms with van der Waals surface area (Å²) in [5.41, 5.74) is 10.9. The van der Waals surface area contributed by atoms with Gasteiger partial charge >= 0.3 is 0 Å². The van der Waals surface area contributed by atoms with Crippen molar-refractivity contribution in [2.24, 2.45) is 5.73 Å². The second-order valence-electron chi connectivity index (χ2n) is 6.75. The lowest BCUT2D eigenvalue weighted by Crippen LogP contribution is -2.14. The second kappa shape index (κ2) is 3.33. The summed E-state index contributed by atoms with van der Waals surface area (Å²) in [6, 6.07) is 7.07. The van der Waals surface area contributed by atoms with Crippen molar-refractivity contribution in [3.63, 3.8) is 0 Å². The molecule has 0 saturated carbocycles. The van der Waals surface area contributed by atoms with Crippen molar-refractivity contribution in [1.82, 2.24) is 0 Å². The van der Waals surface area contributed by atoms with E-state index in [9.17, 15) is 0 Å². The molecule has 2 N–H and O–H groups in total. The van der Waals surface area contributed by atoms with Gasteiger partial charge in [0.2, 0.25) is 0 Å². The van der Waals surface area contributed by atoms with Gasteiger partial charge in [-0.15, -0.1) is 0 Å². The molecule has 0 unspecified atom stereocenters. The van der Waals surface area contributed by atoms with E-state index in [2.05, 4.69) is 52.8 Å². The van der Waals surface area contributed by atoms with Gasteiger partial charge in [-0.25, -0.2) is 0 Å². The zero-order valence-electron chi connectivity index (χ0n) is 11.1. The topological polar surface area (TPSA) is 26.0 Å². The first-order chi connectivity index (χ1) is 7.22. The second-order valence-corrected chi connectivity index (χ2v) is 6.75. The molecule has 0 fully saturated rings. The Labute approximate surface area is 99.0 Å². The highest BCUT2D eigenvalue weighted by molar-refractivity contribution is 5.44. The van der Waals surface area contributed by atoms with E-state index in [0.29, 0.717) is 0 Å². The van der Waals surface area contributed by atoms with Gasteiger partial charge in [0, 0.05) is 6.04 Å². The largest absolute Gasteiger partial charge is 0.324 e. The van der Waals surface area contributed by atoms with Gasteiger partial charge in [0.25, 0.3) is 0 Å². The fourth-order valence-corrected chi connectivity index (χ4v) is 2.72. The molecule has 1 aliphatic rings. The standard InChI is InChI=1S/C15H23N/c1-14(2,3)10-6-7-12-11(8-10)13(16)9-15(12,4)5/h6-8,13H,9,16H2,1-5H3/t13-/m0/s1. The van der Waals surface area contributed by atoms with E-state index in [1.54, 1.807) is 0 Å². The Morgan fingerprint density at radius 2 is 1.88 bits per heavy atom. The van der Waals surface area contributed by atoms with Crippen LogP contribution in [0.4, 0.5) is 0 Å². The normalized spacial score (nSPS) is 23.2. The molecular formula is C15H23N. The first-order valence-electron chi connectivity index (χ1n) is 6.12. The Morgan fingerprint density at radius 3 is 2.44 bits per heavy atom. The van der Waals surface area contributed by atoms with Gasteiger partial charge < -0.3 is 5.73 Å². The van der Waals surface area contributed by atoms with Crippen LogP contribution in [0, 0.1) is 0 Å². The van der Waals surface area contributed by atoms with Crippen LogP contribution in [-0.2, 0) is 10.8 Å². The Kier molecular flexibility index (Phi) is 2.43. The van der Waals surface area contributed by atoms with E-state index in [1.807, 2.05) is 0 Å². The lowest BCUT2D eigenvalue weighted by Gasteiger charge is -2.22. The Morgan fingerprint density at radius 1 is 1.25 bits per heavy atom. The molecule has 0 bridgehead atoms. The van der Waals surface area contributed by atoms with Crippen LogP contribution in [0.5, 0.6) is 0 Å². The van der Waals surface area contributed by atoms with Crippen LogP contribution in [0.15, 0.2) is 18.2 Å². The smallest absolute Gasteiger partial charge is 0.0306 e. The Bertz CT molecular complexity index is 410. The van der Waals surface area contributed by atoms with Crippen LogP contribution >= 0.6 is 0 Å². The summed E-state index contributed by atoms with van der Waals surface area (Å²) in [5.74, 6) is 0. The molecule has 0 saturated heterocycles. The zero-order chi connectivity index (χ0) is 12.1. The predicted molar refractivity (Wildman–Crippen MR) is 69.7 cm³/mol. The van der Waals surface area contributed by atoms with Crippen LogP contribution in [-0.4, -0.2) is 0 Å². The Hall–Kier alpha value is -0.820. The highest BCUT2D eigenvalue weighted by atomic mass is 14.7. The molecule has 1 aromatic carbocycles. The molecule has 1 aromatic rings. The minimum atomic E-state index is 0.210. The molecule has 1 aliphatic carbocycles. The van der Waals surface area contributed by atoms with Crippen molar-refractivity contribution < 1.29 is 0 Å². The summed E-state index contributed by atoms with van der Waals surface area (Å²) in [6.07, 6.45) is 1.07. The zero-order valence-corrected chi connectivity index (χ0v) is 11.1. The van der Waals surface area contributed by atoms with Gasteiger partial charge in [0.05, 0.1) is 0 Å². The van der Waals surface area contributed by atoms with Crippen molar-refractivity contribution in [1.29, 1.82) is 0 Å². The number of hydrogen-bond acceptors (Lipinski definition) is 1. The third kappa shape index (κ3) is 1.78. The molecule has 2 rings (SSSR count). The van der Waals surface area contributed by atoms with E-state index < -0.39 is 0 Å². The molecular weight excluding hydrogens is 194 g/mol. The molecule has 0 amide bonds. The lowest BCUT2D eigenvalue weighted by molar-refractivity contribution is 0.481. The molecule has 1 atom stereocenters. The summed E-state index contributed by atoms with van der Waals surface area (Å²) < 4.78 is 0. The fourth-order valence-electron chi connectivity index (χ4n) is 2.72. The number of rotatable bonds is 0. The third-order valence-electron chi connectivity index (χ3n) is 3.78. The van der Waals surface area contributed by atoms with E-state index in [0.717, 1.165) is 6.42 Å². The molecule has 88 valence electrons. The van der Waals surface area contributed by atoms with Gasteiger partial charge in [0.1, 0.15) is 0 Å². The highest BCUT2D eigenvalue weighted by Crippen LogP contribution is 2.44. The quantitative estimate of drug-likeness (QED) is 0.705. The SMILES string of the molecule is CC(C)(C)c1ccc2c(c1)[C@@H](N)CC2(C)C. The molecule has 0 aliphatic heterocycles. The van der Waals surface area contributed by atoms with E-state index in [-0.39, 0.29) is 16.9 Å². The third-order valence-corrected chi connectivity index (χ3v) is 3.78. The predicted octanol–water partition coefficient (Wildman–Crippen LogP) is 3.67. The number of nitrogens with two attached hydrogens (primary N) is 1.